The van der Waals surface area contributed by atoms with E-state index in [4.69, 9.17) is 4.74 Å². The third kappa shape index (κ3) is 4.72. The molecule has 4 heterocycles. The van der Waals surface area contributed by atoms with Crippen molar-refractivity contribution >= 4 is 28.8 Å². The van der Waals surface area contributed by atoms with E-state index in [0.717, 1.165) is 5.56 Å². The number of carbonyl (C=O) groups excluding carboxylic acids is 1. The summed E-state index contributed by atoms with van der Waals surface area (Å²) < 4.78 is 6.48. The number of nitrogens with one attached hydrogen (secondary N) is 2. The van der Waals surface area contributed by atoms with Gasteiger partial charge in [-0.1, -0.05) is 12.6 Å². The first-order valence-corrected chi connectivity index (χ1v) is 11.5. The molecule has 0 saturated carbocycles. The Balaban J connectivity index is 1.62. The number of benzene rings is 1. The molecule has 1 amide bonds. The Morgan fingerprint density at radius 3 is 2.51 bits per heavy atom. The predicted octanol–water partition coefficient (Wildman–Crippen LogP) is 4.64. The van der Waals surface area contributed by atoms with Crippen LogP contribution < -0.4 is 10.9 Å². The molecule has 0 saturated heterocycles. The van der Waals surface area contributed by atoms with Gasteiger partial charge < -0.3 is 9.72 Å². The number of aromatic nitrogens is 6. The lowest BCUT2D eigenvalue weighted by Crippen LogP contribution is -2.21. The van der Waals surface area contributed by atoms with Crippen molar-refractivity contribution in [1.82, 2.24) is 29.5 Å². The normalized spacial score (nSPS) is 10.9. The zero-order chi connectivity index (χ0) is 25.9. The molecular formula is C27H23N7O3. The van der Waals surface area contributed by atoms with Gasteiger partial charge in [0, 0.05) is 35.9 Å². The quantitative estimate of drug-likeness (QED) is 0.353. The maximum atomic E-state index is 13.2. The summed E-state index contributed by atoms with van der Waals surface area (Å²) >= 11 is 0. The van der Waals surface area contributed by atoms with Gasteiger partial charge in [-0.3, -0.25) is 19.7 Å². The smallest absolute Gasteiger partial charge is 0.413 e. The van der Waals surface area contributed by atoms with Gasteiger partial charge >= 0.3 is 6.09 Å². The molecular weight excluding hydrogens is 470 g/mol. The molecule has 0 atom stereocenters. The van der Waals surface area contributed by atoms with Gasteiger partial charge in [-0.25, -0.2) is 19.7 Å². The molecule has 0 aliphatic rings. The first-order chi connectivity index (χ1) is 17.9. The van der Waals surface area contributed by atoms with E-state index in [9.17, 15) is 9.59 Å². The minimum atomic E-state index is -0.619. The summed E-state index contributed by atoms with van der Waals surface area (Å²) in [5.41, 5.74) is 4.85. The number of hydrogen-bond acceptors (Lipinski definition) is 7. The highest BCUT2D eigenvalue weighted by Crippen LogP contribution is 2.32. The van der Waals surface area contributed by atoms with Crippen molar-refractivity contribution in [2.75, 3.05) is 11.9 Å². The van der Waals surface area contributed by atoms with Gasteiger partial charge in [0.05, 0.1) is 29.0 Å². The molecule has 10 nitrogen and oxygen atoms in total. The molecule has 2 N–H and O–H groups in total. The molecule has 4 aromatic heterocycles. The van der Waals surface area contributed by atoms with Crippen molar-refractivity contribution in [3.8, 4) is 22.5 Å². The Hall–Kier alpha value is -5.12. The highest BCUT2D eigenvalue weighted by atomic mass is 16.5. The van der Waals surface area contributed by atoms with Crippen LogP contribution in [0.4, 0.5) is 10.7 Å². The van der Waals surface area contributed by atoms with Crippen LogP contribution in [-0.2, 0) is 4.74 Å². The topological polar surface area (TPSA) is 128 Å². The zero-order valence-electron chi connectivity index (χ0n) is 20.2. The number of aromatic amines is 1. The summed E-state index contributed by atoms with van der Waals surface area (Å²) in [4.78, 5) is 45.8. The summed E-state index contributed by atoms with van der Waals surface area (Å²) in [5.74, 6) is 0.690. The number of pyridine rings is 2. The van der Waals surface area contributed by atoms with Crippen LogP contribution in [0.5, 0.6) is 0 Å². The molecule has 0 bridgehead atoms. The summed E-state index contributed by atoms with van der Waals surface area (Å²) in [7, 11) is 0. The van der Waals surface area contributed by atoms with Crippen LogP contribution in [0, 0.1) is 6.92 Å². The van der Waals surface area contributed by atoms with Crippen molar-refractivity contribution in [3.05, 3.63) is 95.4 Å². The van der Waals surface area contributed by atoms with Gasteiger partial charge in [0.1, 0.15) is 0 Å². The van der Waals surface area contributed by atoms with E-state index < -0.39 is 6.09 Å². The number of rotatable bonds is 6. The van der Waals surface area contributed by atoms with Crippen molar-refractivity contribution in [2.45, 2.75) is 13.8 Å². The van der Waals surface area contributed by atoms with Crippen LogP contribution in [0.3, 0.4) is 0 Å². The molecule has 0 unspecified atom stereocenters. The number of H-pyrrole nitrogens is 1. The Morgan fingerprint density at radius 2 is 1.81 bits per heavy atom. The monoisotopic (exact) mass is 493 g/mol. The highest BCUT2D eigenvalue weighted by molar-refractivity contribution is 5.96. The fourth-order valence-electron chi connectivity index (χ4n) is 4.08. The van der Waals surface area contributed by atoms with Crippen LogP contribution in [0.15, 0.2) is 78.5 Å². The minimum Gasteiger partial charge on any atom is -0.450 e. The van der Waals surface area contributed by atoms with Crippen molar-refractivity contribution in [2.24, 2.45) is 0 Å². The fraction of sp³-hybridized carbons (Fsp3) is 0.111. The van der Waals surface area contributed by atoms with Gasteiger partial charge in [-0.15, -0.1) is 0 Å². The van der Waals surface area contributed by atoms with Crippen molar-refractivity contribution in [1.29, 1.82) is 0 Å². The second-order valence-corrected chi connectivity index (χ2v) is 8.14. The molecule has 0 radical (unpaired) electrons. The van der Waals surface area contributed by atoms with Gasteiger partial charge in [0.25, 0.3) is 5.56 Å². The van der Waals surface area contributed by atoms with E-state index in [2.05, 4.69) is 36.8 Å². The standard InChI is InChI=1S/C27H23N7O3/c1-4-37-27(36)33-26-31-22-14-19(13-20(24(22)32-26)25-29-10-7-11-30-25)18-12-16(2)34(23(35)15-18)17(3)21-8-5-6-9-28-21/h5-15H,3-4H2,1-2H3,(H2,31,32,33,36). The van der Waals surface area contributed by atoms with Crippen LogP contribution >= 0.6 is 0 Å². The molecule has 0 fully saturated rings. The highest BCUT2D eigenvalue weighted by Gasteiger charge is 2.17. The second-order valence-electron chi connectivity index (χ2n) is 8.14. The number of carbonyl (C=O) groups is 1. The van der Waals surface area contributed by atoms with Gasteiger partial charge in [-0.2, -0.15) is 0 Å². The number of anilines is 1. The van der Waals surface area contributed by atoms with Crippen LogP contribution in [0.25, 0.3) is 39.2 Å². The van der Waals surface area contributed by atoms with E-state index in [0.29, 0.717) is 45.1 Å². The number of fused-ring (bicyclic) bond motifs is 1. The second kappa shape index (κ2) is 9.86. The lowest BCUT2D eigenvalue weighted by atomic mass is 10.0. The number of amides is 1. The summed E-state index contributed by atoms with van der Waals surface area (Å²) in [6.07, 6.45) is 4.33. The molecule has 37 heavy (non-hydrogen) atoms. The average molecular weight is 494 g/mol. The van der Waals surface area contributed by atoms with E-state index in [1.165, 1.54) is 4.57 Å². The first-order valence-electron chi connectivity index (χ1n) is 11.5. The van der Waals surface area contributed by atoms with Crippen LogP contribution in [0.1, 0.15) is 18.3 Å². The van der Waals surface area contributed by atoms with E-state index in [1.54, 1.807) is 37.6 Å². The Kier molecular flexibility index (Phi) is 6.29. The fourth-order valence-corrected chi connectivity index (χ4v) is 4.08. The first kappa shape index (κ1) is 23.6. The Labute approximate surface area is 211 Å². The lowest BCUT2D eigenvalue weighted by Gasteiger charge is -2.14. The number of hydrogen-bond donors (Lipinski definition) is 2. The third-order valence-electron chi connectivity index (χ3n) is 5.68. The predicted molar refractivity (Wildman–Crippen MR) is 141 cm³/mol. The van der Waals surface area contributed by atoms with Crippen molar-refractivity contribution in [3.63, 3.8) is 0 Å². The lowest BCUT2D eigenvalue weighted by molar-refractivity contribution is 0.167. The number of ether oxygens (including phenoxy) is 1. The van der Waals surface area contributed by atoms with Crippen LogP contribution in [-0.4, -0.2) is 42.2 Å². The molecule has 1 aromatic carbocycles. The van der Waals surface area contributed by atoms with Crippen molar-refractivity contribution < 1.29 is 9.53 Å². The molecule has 5 rings (SSSR count). The third-order valence-corrected chi connectivity index (χ3v) is 5.68. The van der Waals surface area contributed by atoms with E-state index >= 15 is 0 Å². The van der Waals surface area contributed by atoms with Gasteiger partial charge in [0.15, 0.2) is 5.82 Å². The summed E-state index contributed by atoms with van der Waals surface area (Å²) in [6, 6.07) is 14.3. The number of imidazole rings is 1. The maximum absolute atomic E-state index is 13.2. The Bertz CT molecular complexity index is 1680. The molecule has 10 heteroatoms. The van der Waals surface area contributed by atoms with E-state index in [1.807, 2.05) is 43.3 Å². The summed E-state index contributed by atoms with van der Waals surface area (Å²) in [6.45, 7) is 7.87. The molecule has 0 spiro atoms. The van der Waals surface area contributed by atoms with Gasteiger partial charge in [-0.05, 0) is 61.4 Å². The largest absolute Gasteiger partial charge is 0.450 e. The number of nitrogens with zero attached hydrogens (tertiary/aromatic N) is 5. The average Bonchev–Trinajstić information content (AvgIpc) is 3.31. The maximum Gasteiger partial charge on any atom is 0.413 e. The SMILES string of the molecule is C=C(c1ccccn1)n1c(C)cc(-c2cc(-c3ncccn3)c3[nH]c(NC(=O)OCC)nc3c2)cc1=O. The summed E-state index contributed by atoms with van der Waals surface area (Å²) in [5, 5.41) is 2.59. The van der Waals surface area contributed by atoms with E-state index in [-0.39, 0.29) is 18.1 Å². The zero-order valence-corrected chi connectivity index (χ0v) is 20.2. The number of aryl methyl sites for hydroxylation is 1. The molecule has 0 aliphatic carbocycles. The van der Waals surface area contributed by atoms with Gasteiger partial charge in [0.2, 0.25) is 5.95 Å². The molecule has 0 aliphatic heterocycles. The Morgan fingerprint density at radius 1 is 1.05 bits per heavy atom. The molecule has 5 aromatic rings. The molecule has 184 valence electrons. The minimum absolute atomic E-state index is 0.223. The van der Waals surface area contributed by atoms with Crippen LogP contribution in [0.2, 0.25) is 0 Å².